The van der Waals surface area contributed by atoms with Crippen molar-refractivity contribution in [3.8, 4) is 0 Å². The van der Waals surface area contributed by atoms with E-state index >= 15 is 0 Å². The Balaban J connectivity index is 0.000000211. The molecule has 4 rings (SSSR count). The minimum absolute atomic E-state index is 0.0431. The van der Waals surface area contributed by atoms with Crippen molar-refractivity contribution in [2.75, 3.05) is 19.8 Å². The van der Waals surface area contributed by atoms with Gasteiger partial charge in [0.1, 0.15) is 0 Å². The van der Waals surface area contributed by atoms with Gasteiger partial charge in [0.25, 0.3) is 0 Å². The van der Waals surface area contributed by atoms with Crippen molar-refractivity contribution in [1.29, 1.82) is 0 Å². The Morgan fingerprint density at radius 2 is 1.16 bits per heavy atom. The van der Waals surface area contributed by atoms with Crippen molar-refractivity contribution in [2.45, 2.75) is 116 Å². The summed E-state index contributed by atoms with van der Waals surface area (Å²) in [6, 6.07) is 16.8. The van der Waals surface area contributed by atoms with Crippen molar-refractivity contribution < 1.29 is 24.1 Å². The van der Waals surface area contributed by atoms with Gasteiger partial charge in [0.2, 0.25) is 0 Å². The number of hydrogen-bond donors (Lipinski definition) is 1. The first-order chi connectivity index (χ1) is 18.3. The van der Waals surface area contributed by atoms with Crippen molar-refractivity contribution in [3.05, 3.63) is 70.8 Å². The molecule has 2 heterocycles. The number of hydrogen-bond acceptors (Lipinski definition) is 5. The Kier molecular flexibility index (Phi) is 12.3. The average molecular weight is 527 g/mol. The van der Waals surface area contributed by atoms with Gasteiger partial charge in [-0.1, -0.05) is 61.9 Å². The first-order valence-corrected chi connectivity index (χ1v) is 14.6. The molecule has 2 fully saturated rings. The van der Waals surface area contributed by atoms with E-state index in [1.54, 1.807) is 0 Å². The van der Waals surface area contributed by atoms with E-state index < -0.39 is 5.60 Å². The molecule has 1 N–H and O–H groups in total. The summed E-state index contributed by atoms with van der Waals surface area (Å²) in [5, 5.41) is 9.17. The third-order valence-corrected chi connectivity index (χ3v) is 7.36. The average Bonchev–Trinajstić information content (AvgIpc) is 2.91. The maximum Gasteiger partial charge on any atom is 0.158 e. The maximum atomic E-state index is 9.17. The van der Waals surface area contributed by atoms with Crippen LogP contribution in [-0.2, 0) is 43.0 Å². The molecule has 2 aromatic carbocycles. The number of benzene rings is 2. The van der Waals surface area contributed by atoms with Gasteiger partial charge in [-0.25, -0.2) is 0 Å². The zero-order valence-corrected chi connectivity index (χ0v) is 24.3. The van der Waals surface area contributed by atoms with Crippen LogP contribution < -0.4 is 0 Å². The summed E-state index contributed by atoms with van der Waals surface area (Å²) < 4.78 is 23.8. The van der Waals surface area contributed by atoms with Crippen LogP contribution in [0.15, 0.2) is 48.5 Å². The van der Waals surface area contributed by atoms with Gasteiger partial charge in [0, 0.05) is 19.8 Å². The van der Waals surface area contributed by atoms with Crippen LogP contribution >= 0.6 is 0 Å². The van der Waals surface area contributed by atoms with Gasteiger partial charge in [0.15, 0.2) is 12.6 Å². The standard InChI is InChI=1S/C17H26O2.C16H24O3/c1-4-9-14-10-5-6-11-15(14)17(2,3)19-16-12-7-8-13-18-16;1-16(2,19-15-9-5-6-12-18-15)14-8-4-3-7-13(14)10-11-17/h5-6,10-11,16H,4,7-9,12-13H2,1-3H3;3-4,7-8,15,17H,5-6,9-12H2,1-2H3. The SMILES string of the molecule is CC(C)(OC1CCCCO1)c1ccccc1CCO.CCCc1ccccc1C(C)(C)OC1CCCCO1. The third-order valence-electron chi connectivity index (χ3n) is 7.36. The third kappa shape index (κ3) is 9.17. The molecule has 2 saturated heterocycles. The second-order valence-electron chi connectivity index (χ2n) is 11.4. The van der Waals surface area contributed by atoms with E-state index in [9.17, 15) is 0 Å². The molecule has 0 aromatic heterocycles. The van der Waals surface area contributed by atoms with Crippen molar-refractivity contribution >= 4 is 0 Å². The van der Waals surface area contributed by atoms with Crippen LogP contribution in [0.25, 0.3) is 0 Å². The fourth-order valence-electron chi connectivity index (χ4n) is 5.43. The minimum Gasteiger partial charge on any atom is -0.396 e. The van der Waals surface area contributed by atoms with Crippen LogP contribution in [0.2, 0.25) is 0 Å². The van der Waals surface area contributed by atoms with Gasteiger partial charge in [-0.2, -0.15) is 0 Å². The van der Waals surface area contributed by atoms with Crippen LogP contribution in [0.1, 0.15) is 102 Å². The number of rotatable bonds is 10. The van der Waals surface area contributed by atoms with E-state index in [1.807, 2.05) is 12.1 Å². The van der Waals surface area contributed by atoms with E-state index in [4.69, 9.17) is 24.1 Å². The lowest BCUT2D eigenvalue weighted by Gasteiger charge is -2.34. The summed E-state index contributed by atoms with van der Waals surface area (Å²) in [4.78, 5) is 0. The van der Waals surface area contributed by atoms with Crippen molar-refractivity contribution in [2.24, 2.45) is 0 Å². The Morgan fingerprint density at radius 3 is 1.55 bits per heavy atom. The molecule has 38 heavy (non-hydrogen) atoms. The summed E-state index contributed by atoms with van der Waals surface area (Å²) in [6.07, 6.45) is 9.41. The highest BCUT2D eigenvalue weighted by atomic mass is 16.7. The predicted octanol–water partition coefficient (Wildman–Crippen LogP) is 7.42. The van der Waals surface area contributed by atoms with E-state index in [1.165, 1.54) is 24.0 Å². The first-order valence-electron chi connectivity index (χ1n) is 14.6. The predicted molar refractivity (Wildman–Crippen MR) is 153 cm³/mol. The lowest BCUT2D eigenvalue weighted by molar-refractivity contribution is -0.219. The minimum atomic E-state index is -0.395. The molecular formula is C33H50O5. The monoisotopic (exact) mass is 526 g/mol. The molecule has 212 valence electrons. The van der Waals surface area contributed by atoms with Gasteiger partial charge in [-0.05, 0) is 101 Å². The fraction of sp³-hybridized carbons (Fsp3) is 0.636. The Labute approximate surface area is 230 Å². The molecule has 2 aliphatic rings. The summed E-state index contributed by atoms with van der Waals surface area (Å²) in [7, 11) is 0. The molecule has 2 aliphatic heterocycles. The molecule has 5 heteroatoms. The topological polar surface area (TPSA) is 57.2 Å². The number of ether oxygens (including phenoxy) is 4. The lowest BCUT2D eigenvalue weighted by Crippen LogP contribution is -2.33. The summed E-state index contributed by atoms with van der Waals surface area (Å²) >= 11 is 0. The van der Waals surface area contributed by atoms with E-state index in [0.29, 0.717) is 6.42 Å². The largest absolute Gasteiger partial charge is 0.396 e. The van der Waals surface area contributed by atoms with E-state index in [2.05, 4.69) is 71.0 Å². The van der Waals surface area contributed by atoms with Gasteiger partial charge in [-0.15, -0.1) is 0 Å². The normalized spacial score (nSPS) is 20.5. The van der Waals surface area contributed by atoms with Crippen molar-refractivity contribution in [3.63, 3.8) is 0 Å². The first kappa shape index (κ1) is 30.8. The summed E-state index contributed by atoms with van der Waals surface area (Å²) in [5.74, 6) is 0. The molecule has 0 bridgehead atoms. The highest BCUT2D eigenvalue weighted by Crippen LogP contribution is 2.33. The Morgan fingerprint density at radius 1 is 0.711 bits per heavy atom. The van der Waals surface area contributed by atoms with Crippen LogP contribution in [0.5, 0.6) is 0 Å². The van der Waals surface area contributed by atoms with E-state index in [-0.39, 0.29) is 24.8 Å². The van der Waals surface area contributed by atoms with Gasteiger partial charge in [-0.3, -0.25) is 0 Å². The van der Waals surface area contributed by atoms with E-state index in [0.717, 1.165) is 62.9 Å². The molecular weight excluding hydrogens is 476 g/mol. The Bertz CT molecular complexity index is 864. The fourth-order valence-corrected chi connectivity index (χ4v) is 5.43. The zero-order chi connectivity index (χ0) is 27.4. The molecule has 5 nitrogen and oxygen atoms in total. The highest BCUT2D eigenvalue weighted by Gasteiger charge is 2.30. The van der Waals surface area contributed by atoms with Crippen molar-refractivity contribution in [1.82, 2.24) is 0 Å². The molecule has 0 spiro atoms. The smallest absolute Gasteiger partial charge is 0.158 e. The molecule has 0 aliphatic carbocycles. The quantitative estimate of drug-likeness (QED) is 0.349. The number of aryl methyl sites for hydroxylation is 1. The molecule has 0 saturated carbocycles. The molecule has 0 radical (unpaired) electrons. The Hall–Kier alpha value is -1.76. The molecule has 2 atom stereocenters. The second kappa shape index (κ2) is 15.1. The summed E-state index contributed by atoms with van der Waals surface area (Å²) in [5.41, 5.74) is 4.29. The molecule has 2 aromatic rings. The summed E-state index contributed by atoms with van der Waals surface area (Å²) in [6.45, 7) is 12.4. The van der Waals surface area contributed by atoms with Crippen LogP contribution in [-0.4, -0.2) is 37.5 Å². The maximum absolute atomic E-state index is 9.17. The van der Waals surface area contributed by atoms with Crippen LogP contribution in [0.4, 0.5) is 0 Å². The second-order valence-corrected chi connectivity index (χ2v) is 11.4. The molecule has 2 unspecified atom stereocenters. The van der Waals surface area contributed by atoms with Gasteiger partial charge >= 0.3 is 0 Å². The molecule has 0 amide bonds. The van der Waals surface area contributed by atoms with Gasteiger partial charge in [0.05, 0.1) is 11.2 Å². The lowest BCUT2D eigenvalue weighted by atomic mass is 9.91. The zero-order valence-electron chi connectivity index (χ0n) is 24.3. The van der Waals surface area contributed by atoms with Crippen LogP contribution in [0, 0.1) is 0 Å². The number of aliphatic hydroxyl groups is 1. The van der Waals surface area contributed by atoms with Gasteiger partial charge < -0.3 is 24.1 Å². The number of aliphatic hydroxyl groups excluding tert-OH is 1. The van der Waals surface area contributed by atoms with Crippen LogP contribution in [0.3, 0.4) is 0 Å². The highest BCUT2D eigenvalue weighted by molar-refractivity contribution is 5.32.